The number of benzene rings is 1. The molecule has 0 aliphatic rings. The second kappa shape index (κ2) is 6.10. The predicted molar refractivity (Wildman–Crippen MR) is 73.4 cm³/mol. The molecule has 0 fully saturated rings. The van der Waals surface area contributed by atoms with Gasteiger partial charge < -0.3 is 10.0 Å². The van der Waals surface area contributed by atoms with Crippen molar-refractivity contribution in [2.75, 3.05) is 13.1 Å². The molecule has 20 heavy (non-hydrogen) atoms. The van der Waals surface area contributed by atoms with Crippen LogP contribution in [0, 0.1) is 0 Å². The molecular weight excluding hydrogens is 258 g/mol. The van der Waals surface area contributed by atoms with Crippen LogP contribution in [0.25, 0.3) is 11.0 Å². The van der Waals surface area contributed by atoms with E-state index >= 15 is 0 Å². The van der Waals surface area contributed by atoms with Crippen molar-refractivity contribution in [3.63, 3.8) is 0 Å². The average Bonchev–Trinajstić information content (AvgIpc) is 2.45. The van der Waals surface area contributed by atoms with Gasteiger partial charge in [0.05, 0.1) is 17.2 Å². The molecule has 0 saturated heterocycles. The van der Waals surface area contributed by atoms with E-state index in [9.17, 15) is 9.59 Å². The minimum absolute atomic E-state index is 0.165. The van der Waals surface area contributed by atoms with E-state index < -0.39 is 11.9 Å². The van der Waals surface area contributed by atoms with Crippen LogP contribution in [-0.2, 0) is 4.79 Å². The van der Waals surface area contributed by atoms with Gasteiger partial charge in [0.2, 0.25) is 0 Å². The highest BCUT2D eigenvalue weighted by molar-refractivity contribution is 5.95. The lowest BCUT2D eigenvalue weighted by Gasteiger charge is -2.19. The highest BCUT2D eigenvalue weighted by Gasteiger charge is 2.19. The number of carbonyl (C=O) groups is 2. The monoisotopic (exact) mass is 273 g/mol. The average molecular weight is 273 g/mol. The Morgan fingerprint density at radius 1 is 1.25 bits per heavy atom. The second-order valence-electron chi connectivity index (χ2n) is 4.36. The summed E-state index contributed by atoms with van der Waals surface area (Å²) < 4.78 is 0. The third-order valence-electron chi connectivity index (χ3n) is 2.77. The van der Waals surface area contributed by atoms with Crippen LogP contribution < -0.4 is 0 Å². The summed E-state index contributed by atoms with van der Waals surface area (Å²) in [5.74, 6) is -1.45. The molecular formula is C14H15N3O3. The zero-order chi connectivity index (χ0) is 14.5. The number of hydrogen-bond acceptors (Lipinski definition) is 4. The molecule has 0 bridgehead atoms. The molecule has 6 heteroatoms. The molecule has 0 atom stereocenters. The Balaban J connectivity index is 2.30. The van der Waals surface area contributed by atoms with Crippen molar-refractivity contribution in [3.8, 4) is 0 Å². The van der Waals surface area contributed by atoms with Crippen LogP contribution in [-0.4, -0.2) is 44.9 Å². The van der Waals surface area contributed by atoms with Crippen molar-refractivity contribution in [3.05, 3.63) is 36.2 Å². The van der Waals surface area contributed by atoms with Crippen LogP contribution in [0.3, 0.4) is 0 Å². The van der Waals surface area contributed by atoms with Crippen LogP contribution in [0.1, 0.15) is 23.8 Å². The first-order valence-electron chi connectivity index (χ1n) is 6.34. The van der Waals surface area contributed by atoms with Gasteiger partial charge in [-0.3, -0.25) is 14.6 Å². The van der Waals surface area contributed by atoms with Gasteiger partial charge in [-0.2, -0.15) is 0 Å². The maximum Gasteiger partial charge on any atom is 0.323 e. The van der Waals surface area contributed by atoms with Gasteiger partial charge in [0.1, 0.15) is 12.2 Å². The van der Waals surface area contributed by atoms with Gasteiger partial charge in [-0.15, -0.1) is 0 Å². The minimum atomic E-state index is -1.04. The zero-order valence-electron chi connectivity index (χ0n) is 11.1. The lowest BCUT2D eigenvalue weighted by molar-refractivity contribution is -0.137. The molecule has 1 heterocycles. The van der Waals surface area contributed by atoms with Gasteiger partial charge >= 0.3 is 5.97 Å². The fourth-order valence-corrected chi connectivity index (χ4v) is 1.91. The molecule has 1 aromatic heterocycles. The van der Waals surface area contributed by atoms with Crippen LogP contribution in [0.4, 0.5) is 0 Å². The minimum Gasteiger partial charge on any atom is -0.480 e. The van der Waals surface area contributed by atoms with E-state index in [-0.39, 0.29) is 12.2 Å². The predicted octanol–water partition coefficient (Wildman–Crippen LogP) is 1.57. The maximum atomic E-state index is 12.3. The highest BCUT2D eigenvalue weighted by atomic mass is 16.4. The summed E-state index contributed by atoms with van der Waals surface area (Å²) in [6.45, 7) is 1.93. The first kappa shape index (κ1) is 13.9. The smallest absolute Gasteiger partial charge is 0.323 e. The van der Waals surface area contributed by atoms with Crippen LogP contribution in [0.5, 0.6) is 0 Å². The van der Waals surface area contributed by atoms with E-state index in [0.717, 1.165) is 0 Å². The Kier molecular flexibility index (Phi) is 4.24. The number of para-hydroxylation sites is 2. The normalized spacial score (nSPS) is 10.4. The molecule has 0 aliphatic heterocycles. The number of carbonyl (C=O) groups excluding carboxylic acids is 1. The Bertz CT molecular complexity index is 642. The summed E-state index contributed by atoms with van der Waals surface area (Å²) >= 11 is 0. The topological polar surface area (TPSA) is 83.4 Å². The van der Waals surface area contributed by atoms with E-state index in [1.165, 1.54) is 11.1 Å². The van der Waals surface area contributed by atoms with Gasteiger partial charge in [-0.05, 0) is 18.6 Å². The molecule has 1 N–H and O–H groups in total. The molecule has 104 valence electrons. The molecule has 1 aromatic carbocycles. The molecule has 1 amide bonds. The summed E-state index contributed by atoms with van der Waals surface area (Å²) in [5, 5.41) is 8.85. The summed E-state index contributed by atoms with van der Waals surface area (Å²) in [4.78, 5) is 32.7. The van der Waals surface area contributed by atoms with Gasteiger partial charge in [0.15, 0.2) is 0 Å². The number of carboxylic acid groups (broad SMARTS) is 1. The van der Waals surface area contributed by atoms with Gasteiger partial charge in [0, 0.05) is 6.54 Å². The molecule has 0 aliphatic carbocycles. The molecule has 6 nitrogen and oxygen atoms in total. The number of aromatic nitrogens is 2. The molecule has 0 spiro atoms. The van der Waals surface area contributed by atoms with Crippen LogP contribution in [0.2, 0.25) is 0 Å². The number of nitrogens with zero attached hydrogens (tertiary/aromatic N) is 3. The van der Waals surface area contributed by atoms with E-state index in [0.29, 0.717) is 24.0 Å². The van der Waals surface area contributed by atoms with Crippen LogP contribution >= 0.6 is 0 Å². The molecule has 0 radical (unpaired) electrons. The number of fused-ring (bicyclic) bond motifs is 1. The number of hydrogen-bond donors (Lipinski definition) is 1. The Labute approximate surface area is 116 Å². The van der Waals surface area contributed by atoms with Gasteiger partial charge in [0.25, 0.3) is 5.91 Å². The van der Waals surface area contributed by atoms with Crippen molar-refractivity contribution < 1.29 is 14.7 Å². The largest absolute Gasteiger partial charge is 0.480 e. The maximum absolute atomic E-state index is 12.3. The van der Waals surface area contributed by atoms with E-state index in [1.54, 1.807) is 12.1 Å². The fourth-order valence-electron chi connectivity index (χ4n) is 1.91. The third-order valence-corrected chi connectivity index (χ3v) is 2.77. The Morgan fingerprint density at radius 2 is 1.95 bits per heavy atom. The van der Waals surface area contributed by atoms with E-state index in [4.69, 9.17) is 5.11 Å². The first-order valence-corrected chi connectivity index (χ1v) is 6.34. The lowest BCUT2D eigenvalue weighted by atomic mass is 10.2. The third kappa shape index (κ3) is 3.09. The number of aliphatic carboxylic acids is 1. The zero-order valence-corrected chi connectivity index (χ0v) is 11.1. The fraction of sp³-hybridized carbons (Fsp3) is 0.286. The van der Waals surface area contributed by atoms with E-state index in [2.05, 4.69) is 9.97 Å². The summed E-state index contributed by atoms with van der Waals surface area (Å²) in [6, 6.07) is 7.22. The number of amides is 1. The highest BCUT2D eigenvalue weighted by Crippen LogP contribution is 2.10. The molecule has 0 unspecified atom stereocenters. The van der Waals surface area contributed by atoms with Crippen molar-refractivity contribution in [2.45, 2.75) is 13.3 Å². The van der Waals surface area contributed by atoms with Crippen LogP contribution in [0.15, 0.2) is 30.5 Å². The quantitative estimate of drug-likeness (QED) is 0.894. The van der Waals surface area contributed by atoms with Crippen molar-refractivity contribution in [1.29, 1.82) is 0 Å². The van der Waals surface area contributed by atoms with Crippen molar-refractivity contribution in [1.82, 2.24) is 14.9 Å². The number of carboxylic acids is 1. The SMILES string of the molecule is CCCN(CC(=O)O)C(=O)c1cnc2ccccc2n1. The molecule has 0 saturated carbocycles. The summed E-state index contributed by atoms with van der Waals surface area (Å²) in [5.41, 5.74) is 1.48. The summed E-state index contributed by atoms with van der Waals surface area (Å²) in [6.07, 6.45) is 2.06. The molecule has 2 aromatic rings. The van der Waals surface area contributed by atoms with Gasteiger partial charge in [-0.25, -0.2) is 4.98 Å². The van der Waals surface area contributed by atoms with Gasteiger partial charge in [-0.1, -0.05) is 19.1 Å². The second-order valence-corrected chi connectivity index (χ2v) is 4.36. The van der Waals surface area contributed by atoms with E-state index in [1.807, 2.05) is 19.1 Å². The lowest BCUT2D eigenvalue weighted by Crippen LogP contribution is -2.36. The Morgan fingerprint density at radius 3 is 2.60 bits per heavy atom. The standard InChI is InChI=1S/C14H15N3O3/c1-2-7-17(9-13(18)19)14(20)12-8-15-10-5-3-4-6-11(10)16-12/h3-6,8H,2,7,9H2,1H3,(H,18,19). The first-order chi connectivity index (χ1) is 9.61. The Hall–Kier alpha value is -2.50. The summed E-state index contributed by atoms with van der Waals surface area (Å²) in [7, 11) is 0. The van der Waals surface area contributed by atoms with Crippen molar-refractivity contribution in [2.24, 2.45) is 0 Å². The number of rotatable bonds is 5. The van der Waals surface area contributed by atoms with Crippen molar-refractivity contribution >= 4 is 22.9 Å². The molecule has 2 rings (SSSR count).